The summed E-state index contributed by atoms with van der Waals surface area (Å²) in [5.74, 6) is 6.19. The van der Waals surface area contributed by atoms with Gasteiger partial charge in [-0.1, -0.05) is 35.6 Å². The molecule has 26 heavy (non-hydrogen) atoms. The van der Waals surface area contributed by atoms with Gasteiger partial charge in [-0.15, -0.1) is 0 Å². The summed E-state index contributed by atoms with van der Waals surface area (Å²) < 4.78 is 10.6. The minimum absolute atomic E-state index is 0.0279. The number of para-hydroxylation sites is 2. The zero-order valence-corrected chi connectivity index (χ0v) is 14.6. The molecule has 0 saturated heterocycles. The van der Waals surface area contributed by atoms with Crippen molar-refractivity contribution < 1.29 is 19.2 Å². The van der Waals surface area contributed by atoms with Crippen LogP contribution in [0.25, 0.3) is 0 Å². The van der Waals surface area contributed by atoms with Crippen molar-refractivity contribution in [1.29, 1.82) is 0 Å². The second-order valence-electron chi connectivity index (χ2n) is 4.90. The number of hydrogen-bond donors (Lipinski definition) is 1. The minimum Gasteiger partial charge on any atom is -0.493 e. The third kappa shape index (κ3) is 5.13. The molecule has 0 saturated carbocycles. The molecule has 1 N–H and O–H groups in total. The molecule has 0 radical (unpaired) electrons. The Morgan fingerprint density at radius 3 is 2.65 bits per heavy atom. The Hall–Kier alpha value is -3.24. The van der Waals surface area contributed by atoms with Crippen molar-refractivity contribution in [3.63, 3.8) is 0 Å². The molecule has 2 aromatic rings. The maximum Gasteiger partial charge on any atom is 0.288 e. The highest BCUT2D eigenvalue weighted by atomic mass is 35.5. The topological polar surface area (TPSA) is 90.7 Å². The van der Waals surface area contributed by atoms with Gasteiger partial charge in [-0.25, -0.2) is 0 Å². The fourth-order valence-corrected chi connectivity index (χ4v) is 2.17. The van der Waals surface area contributed by atoms with Crippen LogP contribution in [0.15, 0.2) is 42.5 Å². The molecule has 0 unspecified atom stereocenters. The molecule has 0 bridgehead atoms. The highest BCUT2D eigenvalue weighted by Crippen LogP contribution is 2.26. The second-order valence-corrected chi connectivity index (χ2v) is 5.31. The number of benzene rings is 2. The van der Waals surface area contributed by atoms with Crippen LogP contribution in [0.5, 0.6) is 11.5 Å². The summed E-state index contributed by atoms with van der Waals surface area (Å²) in [7, 11) is 1.55. The summed E-state index contributed by atoms with van der Waals surface area (Å²) in [6.07, 6.45) is 0. The van der Waals surface area contributed by atoms with E-state index < -0.39 is 10.8 Å². The van der Waals surface area contributed by atoms with Gasteiger partial charge in [0.1, 0.15) is 11.6 Å². The number of rotatable bonds is 6. The predicted molar refractivity (Wildman–Crippen MR) is 96.7 cm³/mol. The van der Waals surface area contributed by atoms with Crippen molar-refractivity contribution in [3.05, 3.63) is 63.2 Å². The summed E-state index contributed by atoms with van der Waals surface area (Å²) in [5.41, 5.74) is -0.191. The molecule has 8 heteroatoms. The van der Waals surface area contributed by atoms with Crippen LogP contribution in [-0.4, -0.2) is 31.1 Å². The summed E-state index contributed by atoms with van der Waals surface area (Å²) in [6, 6.07) is 11.0. The molecule has 7 nitrogen and oxygen atoms in total. The lowest BCUT2D eigenvalue weighted by Gasteiger charge is -2.07. The van der Waals surface area contributed by atoms with Crippen LogP contribution in [0, 0.1) is 22.0 Å². The second kappa shape index (κ2) is 9.30. The summed E-state index contributed by atoms with van der Waals surface area (Å²) >= 11 is 5.71. The zero-order valence-electron chi connectivity index (χ0n) is 13.8. The summed E-state index contributed by atoms with van der Waals surface area (Å²) in [4.78, 5) is 22.2. The van der Waals surface area contributed by atoms with Gasteiger partial charge in [0.2, 0.25) is 0 Å². The van der Waals surface area contributed by atoms with Gasteiger partial charge in [-0.2, -0.15) is 0 Å². The average Bonchev–Trinajstić information content (AvgIpc) is 2.64. The molecule has 0 aromatic heterocycles. The third-order valence-corrected chi connectivity index (χ3v) is 3.56. The highest BCUT2D eigenvalue weighted by Gasteiger charge is 2.15. The van der Waals surface area contributed by atoms with Crippen molar-refractivity contribution in [2.75, 3.05) is 20.3 Å². The molecule has 0 aliphatic carbocycles. The standard InChI is InChI=1S/C18H15ClN2O5/c1-25-16-6-2-3-7-17(16)26-11-5-4-10-20-18(22)13-8-9-14(19)15(12-13)21(23)24/h2-3,6-9,12H,10-11H2,1H3,(H,20,22). The lowest BCUT2D eigenvalue weighted by molar-refractivity contribution is -0.384. The van der Waals surface area contributed by atoms with Crippen molar-refractivity contribution in [1.82, 2.24) is 5.32 Å². The van der Waals surface area contributed by atoms with Crippen LogP contribution in [0.1, 0.15) is 10.4 Å². The number of nitro benzene ring substituents is 1. The number of ether oxygens (including phenoxy) is 2. The smallest absolute Gasteiger partial charge is 0.288 e. The monoisotopic (exact) mass is 374 g/mol. The number of methoxy groups -OCH3 is 1. The van der Waals surface area contributed by atoms with Gasteiger partial charge < -0.3 is 14.8 Å². The number of nitro groups is 1. The predicted octanol–water partition coefficient (Wildman–Crippen LogP) is 3.07. The number of halogens is 1. The highest BCUT2D eigenvalue weighted by molar-refractivity contribution is 6.32. The van der Waals surface area contributed by atoms with Crippen molar-refractivity contribution in [2.24, 2.45) is 0 Å². The van der Waals surface area contributed by atoms with E-state index in [4.69, 9.17) is 21.1 Å². The Balaban J connectivity index is 1.85. The van der Waals surface area contributed by atoms with E-state index in [1.807, 2.05) is 12.1 Å². The largest absolute Gasteiger partial charge is 0.493 e. The molecule has 0 atom stereocenters. The van der Waals surface area contributed by atoms with Gasteiger partial charge in [0.05, 0.1) is 18.6 Å². The van der Waals surface area contributed by atoms with Gasteiger partial charge in [0, 0.05) is 11.6 Å². The number of nitrogens with one attached hydrogen (secondary N) is 1. The molecule has 0 spiro atoms. The zero-order chi connectivity index (χ0) is 18.9. The summed E-state index contributed by atoms with van der Waals surface area (Å²) in [5, 5.41) is 13.4. The SMILES string of the molecule is COc1ccccc1OCC#CCNC(=O)c1ccc(Cl)c([N+](=O)[O-])c1. The van der Waals surface area contributed by atoms with E-state index in [0.29, 0.717) is 11.5 Å². The summed E-state index contributed by atoms with van der Waals surface area (Å²) in [6.45, 7) is 0.202. The molecule has 0 aliphatic heterocycles. The van der Waals surface area contributed by atoms with E-state index in [1.54, 1.807) is 19.2 Å². The number of nitrogens with zero attached hydrogens (tertiary/aromatic N) is 1. The maximum absolute atomic E-state index is 12.0. The quantitative estimate of drug-likeness (QED) is 0.476. The van der Waals surface area contributed by atoms with E-state index in [2.05, 4.69) is 17.2 Å². The Kier molecular flexibility index (Phi) is 6.83. The Bertz CT molecular complexity index is 873. The lowest BCUT2D eigenvalue weighted by Crippen LogP contribution is -2.23. The average molecular weight is 375 g/mol. The van der Waals surface area contributed by atoms with E-state index >= 15 is 0 Å². The molecule has 134 valence electrons. The van der Waals surface area contributed by atoms with Crippen LogP contribution in [0.3, 0.4) is 0 Å². The van der Waals surface area contributed by atoms with E-state index in [0.717, 1.165) is 6.07 Å². The number of hydrogen-bond acceptors (Lipinski definition) is 5. The first kappa shape index (κ1) is 19.1. The van der Waals surface area contributed by atoms with Crippen molar-refractivity contribution >= 4 is 23.2 Å². The fraction of sp³-hybridized carbons (Fsp3) is 0.167. The molecular formula is C18H15ClN2O5. The Morgan fingerprint density at radius 1 is 1.23 bits per heavy atom. The molecule has 1 amide bonds. The van der Waals surface area contributed by atoms with Crippen LogP contribution < -0.4 is 14.8 Å². The van der Waals surface area contributed by atoms with E-state index in [-0.39, 0.29) is 29.4 Å². The first-order valence-electron chi connectivity index (χ1n) is 7.46. The van der Waals surface area contributed by atoms with Crippen LogP contribution in [0.4, 0.5) is 5.69 Å². The molecule has 0 heterocycles. The van der Waals surface area contributed by atoms with Gasteiger partial charge in [-0.3, -0.25) is 14.9 Å². The van der Waals surface area contributed by atoms with Crippen molar-refractivity contribution in [2.45, 2.75) is 0 Å². The van der Waals surface area contributed by atoms with Crippen LogP contribution in [0.2, 0.25) is 5.02 Å². The molecule has 0 fully saturated rings. The molecule has 2 rings (SSSR count). The molecule has 0 aliphatic rings. The Labute approximate surface area is 155 Å². The lowest BCUT2D eigenvalue weighted by atomic mass is 10.2. The minimum atomic E-state index is -0.645. The molecular weight excluding hydrogens is 360 g/mol. The van der Waals surface area contributed by atoms with Gasteiger partial charge in [-0.05, 0) is 24.3 Å². The Morgan fingerprint density at radius 2 is 1.96 bits per heavy atom. The third-order valence-electron chi connectivity index (χ3n) is 3.24. The van der Waals surface area contributed by atoms with Crippen LogP contribution in [-0.2, 0) is 0 Å². The maximum atomic E-state index is 12.0. The normalized spacial score (nSPS) is 9.62. The molecule has 2 aromatic carbocycles. The van der Waals surface area contributed by atoms with Crippen LogP contribution >= 0.6 is 11.6 Å². The van der Waals surface area contributed by atoms with E-state index in [1.165, 1.54) is 12.1 Å². The number of carbonyl (C=O) groups is 1. The van der Waals surface area contributed by atoms with Gasteiger partial charge in [0.15, 0.2) is 11.5 Å². The van der Waals surface area contributed by atoms with Gasteiger partial charge >= 0.3 is 0 Å². The number of carbonyl (C=O) groups excluding carboxylic acids is 1. The number of amides is 1. The van der Waals surface area contributed by atoms with Gasteiger partial charge in [0.25, 0.3) is 11.6 Å². The van der Waals surface area contributed by atoms with E-state index in [9.17, 15) is 14.9 Å². The van der Waals surface area contributed by atoms with Crippen molar-refractivity contribution in [3.8, 4) is 23.3 Å². The first-order chi connectivity index (χ1) is 12.5. The fourth-order valence-electron chi connectivity index (χ4n) is 1.99. The first-order valence-corrected chi connectivity index (χ1v) is 7.84.